The zero-order chi connectivity index (χ0) is 19.8. The fourth-order valence-corrected chi connectivity index (χ4v) is 2.93. The molecule has 0 bridgehead atoms. The molecule has 0 fully saturated rings. The lowest BCUT2D eigenvalue weighted by molar-refractivity contribution is -0.116. The Balaban J connectivity index is 1.97. The van der Waals surface area contributed by atoms with Crippen LogP contribution in [0.3, 0.4) is 0 Å². The quantitative estimate of drug-likeness (QED) is 0.749. The molecule has 0 aliphatic heterocycles. The number of anilines is 1. The topological polar surface area (TPSA) is 99.8 Å². The molecular weight excluding hydrogens is 342 g/mol. The van der Waals surface area contributed by atoms with Crippen LogP contribution in [-0.2, 0) is 17.8 Å². The van der Waals surface area contributed by atoms with Gasteiger partial charge in [-0.2, -0.15) is 10.4 Å². The van der Waals surface area contributed by atoms with Crippen LogP contribution < -0.4 is 10.6 Å². The lowest BCUT2D eigenvalue weighted by Crippen LogP contribution is -2.22. The minimum absolute atomic E-state index is 0.119. The van der Waals surface area contributed by atoms with Crippen molar-refractivity contribution in [2.45, 2.75) is 46.6 Å². The summed E-state index contributed by atoms with van der Waals surface area (Å²) in [7, 11) is 0. The minimum Gasteiger partial charge on any atom is -0.352 e. The van der Waals surface area contributed by atoms with Gasteiger partial charge in [0.15, 0.2) is 0 Å². The van der Waals surface area contributed by atoms with E-state index < -0.39 is 0 Å². The molecule has 0 aliphatic rings. The molecule has 1 heterocycles. The van der Waals surface area contributed by atoms with E-state index in [0.717, 1.165) is 17.0 Å². The van der Waals surface area contributed by atoms with Gasteiger partial charge in [-0.1, -0.05) is 6.07 Å². The molecule has 2 rings (SSSR count). The summed E-state index contributed by atoms with van der Waals surface area (Å²) >= 11 is 0. The third-order valence-electron chi connectivity index (χ3n) is 4.31. The summed E-state index contributed by atoms with van der Waals surface area (Å²) in [6, 6.07) is 9.00. The monoisotopic (exact) mass is 367 g/mol. The first-order chi connectivity index (χ1) is 13.0. The van der Waals surface area contributed by atoms with Crippen LogP contribution >= 0.6 is 0 Å². The van der Waals surface area contributed by atoms with Crippen LogP contribution in [0.4, 0.5) is 5.69 Å². The average molecular weight is 367 g/mol. The molecule has 0 atom stereocenters. The predicted molar refractivity (Wildman–Crippen MR) is 103 cm³/mol. The smallest absolute Gasteiger partial charge is 0.251 e. The van der Waals surface area contributed by atoms with Crippen molar-refractivity contribution in [1.82, 2.24) is 15.1 Å². The van der Waals surface area contributed by atoms with E-state index in [0.29, 0.717) is 43.6 Å². The number of benzene rings is 1. The SMILES string of the molecule is CCNC(=O)c1cccc(NC(=O)CCc2c(C)nn(CCC#N)c2C)c1. The van der Waals surface area contributed by atoms with Gasteiger partial charge in [0.2, 0.25) is 5.91 Å². The molecule has 2 amide bonds. The third kappa shape index (κ3) is 5.42. The first-order valence-electron chi connectivity index (χ1n) is 9.04. The van der Waals surface area contributed by atoms with E-state index in [9.17, 15) is 9.59 Å². The Kier molecular flexibility index (Phi) is 7.12. The van der Waals surface area contributed by atoms with Gasteiger partial charge < -0.3 is 10.6 Å². The zero-order valence-electron chi connectivity index (χ0n) is 16.0. The zero-order valence-corrected chi connectivity index (χ0v) is 16.0. The number of aryl methyl sites for hydroxylation is 2. The Hall–Kier alpha value is -3.14. The highest BCUT2D eigenvalue weighted by Gasteiger charge is 2.13. The molecule has 2 aromatic rings. The van der Waals surface area contributed by atoms with Crippen LogP contribution in [0.1, 0.15) is 47.1 Å². The van der Waals surface area contributed by atoms with Gasteiger partial charge in [-0.15, -0.1) is 0 Å². The maximum absolute atomic E-state index is 12.3. The molecule has 142 valence electrons. The maximum Gasteiger partial charge on any atom is 0.251 e. The number of hydrogen-bond donors (Lipinski definition) is 2. The van der Waals surface area contributed by atoms with Crippen molar-refractivity contribution >= 4 is 17.5 Å². The highest BCUT2D eigenvalue weighted by Crippen LogP contribution is 2.17. The van der Waals surface area contributed by atoms with Crippen LogP contribution in [0, 0.1) is 25.2 Å². The Morgan fingerprint density at radius 1 is 1.30 bits per heavy atom. The molecule has 0 spiro atoms. The third-order valence-corrected chi connectivity index (χ3v) is 4.31. The number of carbonyl (C=O) groups excluding carboxylic acids is 2. The van der Waals surface area contributed by atoms with E-state index in [4.69, 9.17) is 5.26 Å². The fourth-order valence-electron chi connectivity index (χ4n) is 2.93. The van der Waals surface area contributed by atoms with E-state index in [1.54, 1.807) is 24.3 Å². The molecule has 0 unspecified atom stereocenters. The van der Waals surface area contributed by atoms with Crippen molar-refractivity contribution in [2.24, 2.45) is 0 Å². The van der Waals surface area contributed by atoms with Gasteiger partial charge in [-0.3, -0.25) is 14.3 Å². The molecule has 2 N–H and O–H groups in total. The number of carbonyl (C=O) groups is 2. The second-order valence-corrected chi connectivity index (χ2v) is 6.27. The minimum atomic E-state index is -0.162. The van der Waals surface area contributed by atoms with Crippen molar-refractivity contribution in [1.29, 1.82) is 5.26 Å². The molecule has 0 saturated carbocycles. The number of aromatic nitrogens is 2. The standard InChI is InChI=1S/C20H25N5O2/c1-4-22-20(27)16-7-5-8-17(13-16)23-19(26)10-9-18-14(2)24-25(15(18)3)12-6-11-21/h5,7-8,13H,4,6,9-10,12H2,1-3H3,(H,22,27)(H,23,26). The Bertz CT molecular complexity index is 864. The molecule has 0 radical (unpaired) electrons. The summed E-state index contributed by atoms with van der Waals surface area (Å²) in [5.41, 5.74) is 4.03. The first kappa shape index (κ1) is 20.2. The number of hydrogen-bond acceptors (Lipinski definition) is 4. The molecule has 7 heteroatoms. The molecule has 7 nitrogen and oxygen atoms in total. The predicted octanol–water partition coefficient (Wildman–Crippen LogP) is 2.73. The normalized spacial score (nSPS) is 10.3. The van der Waals surface area contributed by atoms with Gasteiger partial charge >= 0.3 is 0 Å². The van der Waals surface area contributed by atoms with Crippen LogP contribution in [-0.4, -0.2) is 28.1 Å². The van der Waals surface area contributed by atoms with E-state index in [1.807, 2.05) is 25.5 Å². The van der Waals surface area contributed by atoms with Gasteiger partial charge in [-0.05, 0) is 51.0 Å². The maximum atomic E-state index is 12.3. The summed E-state index contributed by atoms with van der Waals surface area (Å²) in [5, 5.41) is 18.8. The van der Waals surface area contributed by atoms with Crippen LogP contribution in [0.15, 0.2) is 24.3 Å². The van der Waals surface area contributed by atoms with Crippen molar-refractivity contribution < 1.29 is 9.59 Å². The lowest BCUT2D eigenvalue weighted by atomic mass is 10.1. The van der Waals surface area contributed by atoms with Gasteiger partial charge in [0, 0.05) is 29.9 Å². The number of amides is 2. The highest BCUT2D eigenvalue weighted by molar-refractivity contribution is 5.97. The summed E-state index contributed by atoms with van der Waals surface area (Å²) in [6.07, 6.45) is 1.30. The van der Waals surface area contributed by atoms with Crippen LogP contribution in [0.2, 0.25) is 0 Å². The number of nitrogens with zero attached hydrogens (tertiary/aromatic N) is 3. The molecule has 0 aliphatic carbocycles. The fraction of sp³-hybridized carbons (Fsp3) is 0.400. The van der Waals surface area contributed by atoms with Crippen molar-refractivity contribution in [2.75, 3.05) is 11.9 Å². The summed E-state index contributed by atoms with van der Waals surface area (Å²) in [6.45, 7) is 6.84. The molecule has 27 heavy (non-hydrogen) atoms. The van der Waals surface area contributed by atoms with E-state index in [-0.39, 0.29) is 11.8 Å². The van der Waals surface area contributed by atoms with E-state index in [1.165, 1.54) is 0 Å². The van der Waals surface area contributed by atoms with Crippen LogP contribution in [0.5, 0.6) is 0 Å². The lowest BCUT2D eigenvalue weighted by Gasteiger charge is -2.08. The first-order valence-corrected chi connectivity index (χ1v) is 9.04. The van der Waals surface area contributed by atoms with Gasteiger partial charge in [0.1, 0.15) is 0 Å². The Morgan fingerprint density at radius 2 is 2.07 bits per heavy atom. The summed E-state index contributed by atoms with van der Waals surface area (Å²) in [5.74, 6) is -0.281. The number of nitriles is 1. The molecule has 1 aromatic heterocycles. The summed E-state index contributed by atoms with van der Waals surface area (Å²) < 4.78 is 1.82. The number of nitrogens with one attached hydrogen (secondary N) is 2. The van der Waals surface area contributed by atoms with Gasteiger partial charge in [-0.25, -0.2) is 0 Å². The second kappa shape index (κ2) is 9.53. The largest absolute Gasteiger partial charge is 0.352 e. The van der Waals surface area contributed by atoms with Crippen LogP contribution in [0.25, 0.3) is 0 Å². The Morgan fingerprint density at radius 3 is 2.78 bits per heavy atom. The van der Waals surface area contributed by atoms with Crippen molar-refractivity contribution in [3.8, 4) is 6.07 Å². The van der Waals surface area contributed by atoms with E-state index >= 15 is 0 Å². The Labute approximate surface area is 159 Å². The molecule has 1 aromatic carbocycles. The molecule has 0 saturated heterocycles. The van der Waals surface area contributed by atoms with E-state index in [2.05, 4.69) is 21.8 Å². The number of rotatable bonds is 8. The highest BCUT2D eigenvalue weighted by atomic mass is 16.2. The second-order valence-electron chi connectivity index (χ2n) is 6.27. The van der Waals surface area contributed by atoms with Gasteiger partial charge in [0.25, 0.3) is 5.91 Å². The van der Waals surface area contributed by atoms with Crippen molar-refractivity contribution in [3.63, 3.8) is 0 Å². The average Bonchev–Trinajstić information content (AvgIpc) is 2.92. The molecular formula is C20H25N5O2. The summed E-state index contributed by atoms with van der Waals surface area (Å²) in [4.78, 5) is 24.2. The van der Waals surface area contributed by atoms with Crippen molar-refractivity contribution in [3.05, 3.63) is 46.8 Å². The van der Waals surface area contributed by atoms with Gasteiger partial charge in [0.05, 0.1) is 24.7 Å².